The summed E-state index contributed by atoms with van der Waals surface area (Å²) in [5.41, 5.74) is 9.37. The first-order valence-electron chi connectivity index (χ1n) is 7.44. The van der Waals surface area contributed by atoms with Crippen LogP contribution < -0.4 is 10.5 Å². The van der Waals surface area contributed by atoms with Crippen LogP contribution >= 0.6 is 0 Å². The minimum absolute atomic E-state index is 0.0824. The van der Waals surface area contributed by atoms with E-state index in [0.717, 1.165) is 5.75 Å². The monoisotopic (exact) mass is 261 g/mol. The van der Waals surface area contributed by atoms with Gasteiger partial charge in [0.25, 0.3) is 0 Å². The lowest BCUT2D eigenvalue weighted by Crippen LogP contribution is -2.30. The van der Waals surface area contributed by atoms with Gasteiger partial charge in [0.2, 0.25) is 0 Å². The highest BCUT2D eigenvalue weighted by Crippen LogP contribution is 2.49. The minimum Gasteiger partial charge on any atom is -0.494 e. The van der Waals surface area contributed by atoms with E-state index in [2.05, 4.69) is 39.0 Å². The van der Waals surface area contributed by atoms with Crippen LogP contribution in [-0.2, 0) is 0 Å². The van der Waals surface area contributed by atoms with E-state index >= 15 is 0 Å². The van der Waals surface area contributed by atoms with E-state index in [1.165, 1.54) is 30.4 Å². The van der Waals surface area contributed by atoms with Gasteiger partial charge in [-0.1, -0.05) is 38.0 Å². The van der Waals surface area contributed by atoms with Crippen LogP contribution in [0.2, 0.25) is 0 Å². The Morgan fingerprint density at radius 3 is 2.74 bits per heavy atom. The van der Waals surface area contributed by atoms with Crippen LogP contribution in [0.15, 0.2) is 18.2 Å². The number of ether oxygens (including phenoxy) is 1. The van der Waals surface area contributed by atoms with E-state index in [-0.39, 0.29) is 6.04 Å². The van der Waals surface area contributed by atoms with Crippen LogP contribution in [0.1, 0.15) is 57.2 Å². The second-order valence-electron chi connectivity index (χ2n) is 6.49. The molecule has 0 spiro atoms. The van der Waals surface area contributed by atoms with Gasteiger partial charge in [-0.05, 0) is 44.1 Å². The lowest BCUT2D eigenvalue weighted by atomic mass is 9.75. The molecule has 2 rings (SSSR count). The Kier molecular flexibility index (Phi) is 4.19. The van der Waals surface area contributed by atoms with E-state index in [1.54, 1.807) is 0 Å². The second-order valence-corrected chi connectivity index (χ2v) is 6.49. The molecular weight excluding hydrogens is 234 g/mol. The molecule has 1 aromatic carbocycles. The Labute approximate surface area is 117 Å². The molecule has 0 heterocycles. The average molecular weight is 261 g/mol. The molecule has 0 radical (unpaired) electrons. The van der Waals surface area contributed by atoms with Crippen LogP contribution in [0, 0.1) is 18.3 Å². The van der Waals surface area contributed by atoms with E-state index < -0.39 is 0 Å². The smallest absolute Gasteiger partial charge is 0.124 e. The van der Waals surface area contributed by atoms with E-state index in [9.17, 15) is 0 Å². The lowest BCUT2D eigenvalue weighted by Gasteiger charge is -2.33. The third kappa shape index (κ3) is 2.94. The Morgan fingerprint density at radius 2 is 2.16 bits per heavy atom. The zero-order chi connectivity index (χ0) is 14.0. The summed E-state index contributed by atoms with van der Waals surface area (Å²) in [6.45, 7) is 9.53. The van der Waals surface area contributed by atoms with Gasteiger partial charge in [0.15, 0.2) is 0 Å². The van der Waals surface area contributed by atoms with Crippen molar-refractivity contribution in [2.24, 2.45) is 17.1 Å². The maximum Gasteiger partial charge on any atom is 0.124 e. The normalized spacial score (nSPS) is 23.3. The first-order valence-corrected chi connectivity index (χ1v) is 7.44. The molecule has 2 nitrogen and oxygen atoms in total. The molecule has 0 aromatic heterocycles. The van der Waals surface area contributed by atoms with Crippen molar-refractivity contribution in [3.8, 4) is 5.75 Å². The minimum atomic E-state index is 0.0824. The number of aryl methyl sites for hydroxylation is 1. The topological polar surface area (TPSA) is 35.2 Å². The Hall–Kier alpha value is -1.02. The van der Waals surface area contributed by atoms with Gasteiger partial charge in [-0.15, -0.1) is 0 Å². The predicted octanol–water partition coefficient (Wildman–Crippen LogP) is 4.22. The summed E-state index contributed by atoms with van der Waals surface area (Å²) in [5.74, 6) is 1.51. The summed E-state index contributed by atoms with van der Waals surface area (Å²) in [6, 6.07) is 6.44. The second kappa shape index (κ2) is 5.54. The number of benzene rings is 1. The third-order valence-electron chi connectivity index (χ3n) is 4.60. The van der Waals surface area contributed by atoms with Crippen LogP contribution in [-0.4, -0.2) is 6.61 Å². The van der Waals surface area contributed by atoms with Crippen LogP contribution in [0.5, 0.6) is 5.75 Å². The molecule has 19 heavy (non-hydrogen) atoms. The zero-order valence-electron chi connectivity index (χ0n) is 12.7. The molecule has 2 atom stereocenters. The maximum absolute atomic E-state index is 6.60. The third-order valence-corrected chi connectivity index (χ3v) is 4.60. The molecule has 1 aromatic rings. The van der Waals surface area contributed by atoms with E-state index in [0.29, 0.717) is 17.9 Å². The maximum atomic E-state index is 6.60. The standard InChI is InChI=1S/C17H27NO/c1-5-19-15-9-8-12(2)11-13(15)16(18)14-7-6-10-17(14,3)4/h8-9,11,14,16H,5-7,10,18H2,1-4H3. The molecule has 1 aliphatic rings. The molecular formula is C17H27NO. The average Bonchev–Trinajstić information content (AvgIpc) is 2.70. The van der Waals surface area contributed by atoms with Crippen molar-refractivity contribution in [2.45, 2.75) is 53.0 Å². The number of rotatable bonds is 4. The van der Waals surface area contributed by atoms with Gasteiger partial charge in [-0.2, -0.15) is 0 Å². The number of hydrogen-bond donors (Lipinski definition) is 1. The highest BCUT2D eigenvalue weighted by molar-refractivity contribution is 5.39. The first-order chi connectivity index (χ1) is 8.95. The molecule has 0 amide bonds. The van der Waals surface area contributed by atoms with Gasteiger partial charge < -0.3 is 10.5 Å². The highest BCUT2D eigenvalue weighted by atomic mass is 16.5. The SMILES string of the molecule is CCOc1ccc(C)cc1C(N)C1CCCC1(C)C. The zero-order valence-corrected chi connectivity index (χ0v) is 12.7. The molecule has 106 valence electrons. The van der Waals surface area contributed by atoms with Crippen molar-refractivity contribution in [3.63, 3.8) is 0 Å². The van der Waals surface area contributed by atoms with Crippen LogP contribution in [0.25, 0.3) is 0 Å². The fraction of sp³-hybridized carbons (Fsp3) is 0.647. The van der Waals surface area contributed by atoms with Crippen molar-refractivity contribution in [1.82, 2.24) is 0 Å². The van der Waals surface area contributed by atoms with Crippen molar-refractivity contribution >= 4 is 0 Å². The number of hydrogen-bond acceptors (Lipinski definition) is 2. The Morgan fingerprint density at radius 1 is 1.42 bits per heavy atom. The summed E-state index contributed by atoms with van der Waals surface area (Å²) < 4.78 is 5.76. The van der Waals surface area contributed by atoms with Gasteiger partial charge >= 0.3 is 0 Å². The largest absolute Gasteiger partial charge is 0.494 e. The van der Waals surface area contributed by atoms with Gasteiger partial charge in [0.05, 0.1) is 6.61 Å². The van der Waals surface area contributed by atoms with E-state index in [1.807, 2.05) is 6.92 Å². The lowest BCUT2D eigenvalue weighted by molar-refractivity contribution is 0.218. The summed E-state index contributed by atoms with van der Waals surface area (Å²) in [5, 5.41) is 0. The van der Waals surface area contributed by atoms with E-state index in [4.69, 9.17) is 10.5 Å². The molecule has 0 bridgehead atoms. The highest BCUT2D eigenvalue weighted by Gasteiger charge is 2.39. The Balaban J connectivity index is 2.32. The number of nitrogens with two attached hydrogens (primary N) is 1. The molecule has 1 fully saturated rings. The summed E-state index contributed by atoms with van der Waals surface area (Å²) in [7, 11) is 0. The van der Waals surface area contributed by atoms with Crippen LogP contribution in [0.4, 0.5) is 0 Å². The van der Waals surface area contributed by atoms with Crippen LogP contribution in [0.3, 0.4) is 0 Å². The molecule has 2 unspecified atom stereocenters. The molecule has 2 N–H and O–H groups in total. The summed E-state index contributed by atoms with van der Waals surface area (Å²) in [4.78, 5) is 0. The van der Waals surface area contributed by atoms with Crippen molar-refractivity contribution in [3.05, 3.63) is 29.3 Å². The van der Waals surface area contributed by atoms with Gasteiger partial charge in [-0.3, -0.25) is 0 Å². The molecule has 2 heteroatoms. The molecule has 1 saturated carbocycles. The quantitative estimate of drug-likeness (QED) is 0.880. The van der Waals surface area contributed by atoms with Gasteiger partial charge in [0.1, 0.15) is 5.75 Å². The van der Waals surface area contributed by atoms with Gasteiger partial charge in [0, 0.05) is 11.6 Å². The predicted molar refractivity (Wildman–Crippen MR) is 80.4 cm³/mol. The van der Waals surface area contributed by atoms with Crippen molar-refractivity contribution in [1.29, 1.82) is 0 Å². The van der Waals surface area contributed by atoms with Gasteiger partial charge in [-0.25, -0.2) is 0 Å². The molecule has 0 aliphatic heterocycles. The summed E-state index contributed by atoms with van der Waals surface area (Å²) in [6.07, 6.45) is 3.80. The molecule has 1 aliphatic carbocycles. The summed E-state index contributed by atoms with van der Waals surface area (Å²) >= 11 is 0. The first kappa shape index (κ1) is 14.4. The Bertz CT molecular complexity index is 439. The van der Waals surface area contributed by atoms with Crippen molar-refractivity contribution in [2.75, 3.05) is 6.61 Å². The fourth-order valence-electron chi connectivity index (χ4n) is 3.45. The fourth-order valence-corrected chi connectivity index (χ4v) is 3.45. The van der Waals surface area contributed by atoms with Crippen molar-refractivity contribution < 1.29 is 4.74 Å². The molecule has 0 saturated heterocycles.